The third-order valence-corrected chi connectivity index (χ3v) is 4.09. The van der Waals surface area contributed by atoms with Gasteiger partial charge in [0.25, 0.3) is 5.69 Å². The molecule has 2 N–H and O–H groups in total. The highest BCUT2D eigenvalue weighted by Crippen LogP contribution is 2.24. The Kier molecular flexibility index (Phi) is 4.76. The van der Waals surface area contributed by atoms with Crippen LogP contribution >= 0.6 is 22.6 Å². The smallest absolute Gasteiger partial charge is 0.270 e. The first-order chi connectivity index (χ1) is 8.66. The van der Waals surface area contributed by atoms with Crippen LogP contribution in [0.4, 0.5) is 11.4 Å². The molecule has 2 rings (SSSR count). The second-order valence-electron chi connectivity index (χ2n) is 4.50. The Balaban J connectivity index is 1.87. The number of hydrogen-bond donors (Lipinski definition) is 2. The molecule has 1 saturated heterocycles. The molecule has 1 atom stereocenters. The molecule has 98 valence electrons. The third kappa shape index (κ3) is 3.55. The molecule has 1 aliphatic heterocycles. The van der Waals surface area contributed by atoms with E-state index < -0.39 is 0 Å². The predicted molar refractivity (Wildman–Crippen MR) is 79.9 cm³/mol. The van der Waals surface area contributed by atoms with Gasteiger partial charge in [0, 0.05) is 27.9 Å². The molecule has 0 spiro atoms. The van der Waals surface area contributed by atoms with Crippen molar-refractivity contribution in [2.45, 2.75) is 12.8 Å². The molecule has 0 saturated carbocycles. The van der Waals surface area contributed by atoms with Gasteiger partial charge in [-0.15, -0.1) is 0 Å². The van der Waals surface area contributed by atoms with Crippen molar-refractivity contribution >= 4 is 34.0 Å². The van der Waals surface area contributed by atoms with Gasteiger partial charge in [-0.05, 0) is 60.5 Å². The Bertz CT molecular complexity index is 433. The minimum Gasteiger partial charge on any atom is -0.384 e. The zero-order valence-corrected chi connectivity index (χ0v) is 12.1. The topological polar surface area (TPSA) is 67.2 Å². The SMILES string of the molecule is O=[N+]([O-])c1ccc(NCCC2CCNC2)c(I)c1. The summed E-state index contributed by atoms with van der Waals surface area (Å²) in [6.07, 6.45) is 2.39. The Hall–Kier alpha value is -0.890. The van der Waals surface area contributed by atoms with Crippen molar-refractivity contribution in [2.24, 2.45) is 5.92 Å². The molecule has 0 amide bonds. The summed E-state index contributed by atoms with van der Waals surface area (Å²) in [5, 5.41) is 17.3. The summed E-state index contributed by atoms with van der Waals surface area (Å²) in [5.41, 5.74) is 1.12. The van der Waals surface area contributed by atoms with Gasteiger partial charge in [-0.25, -0.2) is 0 Å². The van der Waals surface area contributed by atoms with E-state index in [1.165, 1.54) is 6.42 Å². The van der Waals surface area contributed by atoms with E-state index in [4.69, 9.17) is 0 Å². The van der Waals surface area contributed by atoms with Crippen LogP contribution in [0.15, 0.2) is 18.2 Å². The Labute approximate surface area is 120 Å². The van der Waals surface area contributed by atoms with Crippen LogP contribution in [0, 0.1) is 19.6 Å². The van der Waals surface area contributed by atoms with Gasteiger partial charge in [0.15, 0.2) is 0 Å². The minimum atomic E-state index is -0.365. The molecule has 1 aliphatic rings. The van der Waals surface area contributed by atoms with Gasteiger partial charge in [-0.1, -0.05) is 0 Å². The van der Waals surface area contributed by atoms with Crippen LogP contribution in [0.2, 0.25) is 0 Å². The van der Waals surface area contributed by atoms with Gasteiger partial charge in [0.2, 0.25) is 0 Å². The fourth-order valence-corrected chi connectivity index (χ4v) is 2.82. The average Bonchev–Trinajstić information content (AvgIpc) is 2.84. The normalized spacial score (nSPS) is 18.8. The number of nitro benzene ring substituents is 1. The maximum Gasteiger partial charge on any atom is 0.270 e. The summed E-state index contributed by atoms with van der Waals surface area (Å²) in [5.74, 6) is 0.758. The highest BCUT2D eigenvalue weighted by atomic mass is 127. The molecule has 1 aromatic rings. The second-order valence-corrected chi connectivity index (χ2v) is 5.66. The lowest BCUT2D eigenvalue weighted by Crippen LogP contribution is -2.13. The number of rotatable bonds is 5. The Morgan fingerprint density at radius 3 is 3.00 bits per heavy atom. The zero-order chi connectivity index (χ0) is 13.0. The number of non-ortho nitro benzene ring substituents is 1. The lowest BCUT2D eigenvalue weighted by Gasteiger charge is -2.11. The summed E-state index contributed by atoms with van der Waals surface area (Å²) in [6, 6.07) is 4.93. The number of nitro groups is 1. The first kappa shape index (κ1) is 13.5. The van der Waals surface area contributed by atoms with Crippen molar-refractivity contribution in [3.8, 4) is 0 Å². The average molecular weight is 361 g/mol. The Morgan fingerprint density at radius 2 is 2.39 bits per heavy atom. The van der Waals surface area contributed by atoms with Gasteiger partial charge >= 0.3 is 0 Å². The summed E-state index contributed by atoms with van der Waals surface area (Å²) in [4.78, 5) is 10.3. The second kappa shape index (κ2) is 6.33. The molecule has 18 heavy (non-hydrogen) atoms. The highest BCUT2D eigenvalue weighted by Gasteiger charge is 2.14. The van der Waals surface area contributed by atoms with E-state index in [0.717, 1.165) is 41.2 Å². The van der Waals surface area contributed by atoms with E-state index in [1.807, 2.05) is 0 Å². The number of anilines is 1. The van der Waals surface area contributed by atoms with E-state index in [0.29, 0.717) is 0 Å². The molecule has 1 heterocycles. The monoisotopic (exact) mass is 361 g/mol. The standard InChI is InChI=1S/C12H16IN3O2/c13-11-7-10(16(17)18)1-2-12(11)15-6-4-9-3-5-14-8-9/h1-2,7,9,14-15H,3-6,8H2. The number of benzene rings is 1. The first-order valence-corrected chi connectivity index (χ1v) is 7.13. The molecule has 0 radical (unpaired) electrons. The largest absolute Gasteiger partial charge is 0.384 e. The fraction of sp³-hybridized carbons (Fsp3) is 0.500. The quantitative estimate of drug-likeness (QED) is 0.481. The summed E-state index contributed by atoms with van der Waals surface area (Å²) < 4.78 is 0.895. The summed E-state index contributed by atoms with van der Waals surface area (Å²) in [7, 11) is 0. The van der Waals surface area contributed by atoms with Crippen LogP contribution in [0.1, 0.15) is 12.8 Å². The van der Waals surface area contributed by atoms with Crippen LogP contribution in [-0.2, 0) is 0 Å². The van der Waals surface area contributed by atoms with Gasteiger partial charge in [0.05, 0.1) is 4.92 Å². The van der Waals surface area contributed by atoms with Crippen molar-refractivity contribution in [2.75, 3.05) is 25.0 Å². The lowest BCUT2D eigenvalue weighted by molar-refractivity contribution is -0.384. The number of hydrogen-bond acceptors (Lipinski definition) is 4. The summed E-state index contributed by atoms with van der Waals surface area (Å²) in [6.45, 7) is 3.15. The molecule has 0 aromatic heterocycles. The molecule has 5 nitrogen and oxygen atoms in total. The van der Waals surface area contributed by atoms with E-state index in [-0.39, 0.29) is 10.6 Å². The summed E-state index contributed by atoms with van der Waals surface area (Å²) >= 11 is 2.13. The molecular weight excluding hydrogens is 345 g/mol. The van der Waals surface area contributed by atoms with E-state index >= 15 is 0 Å². The van der Waals surface area contributed by atoms with E-state index in [2.05, 4.69) is 33.2 Å². The maximum absolute atomic E-state index is 10.6. The van der Waals surface area contributed by atoms with Gasteiger partial charge in [-0.2, -0.15) is 0 Å². The maximum atomic E-state index is 10.6. The van der Waals surface area contributed by atoms with Crippen LogP contribution in [0.25, 0.3) is 0 Å². The van der Waals surface area contributed by atoms with Crippen molar-refractivity contribution in [1.82, 2.24) is 5.32 Å². The predicted octanol–water partition coefficient (Wildman–Crippen LogP) is 2.61. The number of nitrogens with one attached hydrogen (secondary N) is 2. The van der Waals surface area contributed by atoms with Crippen LogP contribution < -0.4 is 10.6 Å². The van der Waals surface area contributed by atoms with Crippen LogP contribution in [0.5, 0.6) is 0 Å². The molecule has 1 unspecified atom stereocenters. The van der Waals surface area contributed by atoms with Crippen LogP contribution in [0.3, 0.4) is 0 Å². The fourth-order valence-electron chi connectivity index (χ4n) is 2.13. The number of nitrogens with zero attached hydrogens (tertiary/aromatic N) is 1. The molecular formula is C12H16IN3O2. The molecule has 0 bridgehead atoms. The van der Waals surface area contributed by atoms with Crippen molar-refractivity contribution in [3.63, 3.8) is 0 Å². The molecule has 1 aromatic carbocycles. The lowest BCUT2D eigenvalue weighted by atomic mass is 10.1. The minimum absolute atomic E-state index is 0.143. The van der Waals surface area contributed by atoms with Gasteiger partial charge in [-0.3, -0.25) is 10.1 Å². The van der Waals surface area contributed by atoms with E-state index in [1.54, 1.807) is 18.2 Å². The van der Waals surface area contributed by atoms with Gasteiger partial charge in [0.1, 0.15) is 0 Å². The van der Waals surface area contributed by atoms with Gasteiger partial charge < -0.3 is 10.6 Å². The third-order valence-electron chi connectivity index (χ3n) is 3.19. The highest BCUT2D eigenvalue weighted by molar-refractivity contribution is 14.1. The van der Waals surface area contributed by atoms with Crippen LogP contribution in [-0.4, -0.2) is 24.6 Å². The van der Waals surface area contributed by atoms with E-state index in [9.17, 15) is 10.1 Å². The zero-order valence-electron chi connectivity index (χ0n) is 9.99. The van der Waals surface area contributed by atoms with Crippen molar-refractivity contribution in [1.29, 1.82) is 0 Å². The van der Waals surface area contributed by atoms with Crippen molar-refractivity contribution in [3.05, 3.63) is 31.9 Å². The number of halogens is 1. The van der Waals surface area contributed by atoms with Crippen molar-refractivity contribution < 1.29 is 4.92 Å². The molecule has 6 heteroatoms. The molecule has 0 aliphatic carbocycles. The molecule has 1 fully saturated rings. The Morgan fingerprint density at radius 1 is 1.56 bits per heavy atom. The first-order valence-electron chi connectivity index (χ1n) is 6.05.